The van der Waals surface area contributed by atoms with Crippen LogP contribution in [-0.2, 0) is 14.7 Å². The molecular weight excluding hydrogens is 313 g/mol. The fourth-order valence-electron chi connectivity index (χ4n) is 2.61. The van der Waals surface area contributed by atoms with Crippen LogP contribution >= 0.6 is 7.82 Å². The van der Waals surface area contributed by atoms with E-state index in [1.54, 1.807) is 0 Å². The molecule has 6 heteroatoms. The molecule has 124 valence electrons. The molecule has 0 spiro atoms. The number of nitrogens with zero attached hydrogens (tertiary/aromatic N) is 1. The van der Waals surface area contributed by atoms with Crippen molar-refractivity contribution in [2.45, 2.75) is 12.0 Å². The van der Waals surface area contributed by atoms with Gasteiger partial charge in [-0.1, -0.05) is 60.7 Å². The SMILES string of the molecule is CN(C)CCC(OP(=O)(O)O)(c1ccccc1)c1ccccc1. The number of phosphoric acid groups is 1. The molecule has 0 saturated carbocycles. The normalized spacial score (nSPS) is 12.6. The number of benzene rings is 2. The van der Waals surface area contributed by atoms with E-state index < -0.39 is 13.4 Å². The van der Waals surface area contributed by atoms with E-state index in [-0.39, 0.29) is 0 Å². The zero-order valence-corrected chi connectivity index (χ0v) is 14.2. The highest BCUT2D eigenvalue weighted by Crippen LogP contribution is 2.50. The topological polar surface area (TPSA) is 70.0 Å². The van der Waals surface area contributed by atoms with Gasteiger partial charge in [-0.25, -0.2) is 4.57 Å². The van der Waals surface area contributed by atoms with Crippen LogP contribution in [0.5, 0.6) is 0 Å². The summed E-state index contributed by atoms with van der Waals surface area (Å²) >= 11 is 0. The molecule has 0 aromatic heterocycles. The number of rotatable bonds is 7. The molecule has 0 unspecified atom stereocenters. The Morgan fingerprint density at radius 1 is 0.957 bits per heavy atom. The predicted molar refractivity (Wildman–Crippen MR) is 90.0 cm³/mol. The highest BCUT2D eigenvalue weighted by molar-refractivity contribution is 7.46. The zero-order valence-electron chi connectivity index (χ0n) is 13.3. The summed E-state index contributed by atoms with van der Waals surface area (Å²) < 4.78 is 17.1. The first-order valence-corrected chi connectivity index (χ1v) is 8.89. The zero-order chi connectivity index (χ0) is 16.9. The lowest BCUT2D eigenvalue weighted by Crippen LogP contribution is -2.34. The molecule has 2 aromatic rings. The largest absolute Gasteiger partial charge is 0.470 e. The van der Waals surface area contributed by atoms with Crippen LogP contribution in [0.4, 0.5) is 0 Å². The lowest BCUT2D eigenvalue weighted by Gasteiger charge is -2.35. The van der Waals surface area contributed by atoms with E-state index in [0.29, 0.717) is 13.0 Å². The maximum Gasteiger partial charge on any atom is 0.470 e. The van der Waals surface area contributed by atoms with Gasteiger partial charge >= 0.3 is 7.82 Å². The Hall–Kier alpha value is -1.49. The van der Waals surface area contributed by atoms with Gasteiger partial charge in [0.25, 0.3) is 0 Å². The molecule has 0 aliphatic heterocycles. The summed E-state index contributed by atoms with van der Waals surface area (Å²) in [5.41, 5.74) is 0.235. The van der Waals surface area contributed by atoms with Crippen LogP contribution in [0.15, 0.2) is 60.7 Å². The summed E-state index contributed by atoms with van der Waals surface area (Å²) in [6, 6.07) is 18.4. The Kier molecular flexibility index (Phi) is 5.74. The third-order valence-corrected chi connectivity index (χ3v) is 4.22. The molecule has 5 nitrogen and oxygen atoms in total. The Morgan fingerprint density at radius 3 is 1.74 bits per heavy atom. The van der Waals surface area contributed by atoms with Crippen molar-refractivity contribution in [3.8, 4) is 0 Å². The number of hydrogen-bond donors (Lipinski definition) is 2. The van der Waals surface area contributed by atoms with Crippen LogP contribution in [0.1, 0.15) is 17.5 Å². The van der Waals surface area contributed by atoms with Crippen LogP contribution < -0.4 is 0 Å². The second-order valence-electron chi connectivity index (χ2n) is 5.69. The molecule has 0 aliphatic rings. The van der Waals surface area contributed by atoms with Crippen molar-refractivity contribution in [1.29, 1.82) is 0 Å². The van der Waals surface area contributed by atoms with Gasteiger partial charge in [-0.15, -0.1) is 0 Å². The van der Waals surface area contributed by atoms with E-state index in [0.717, 1.165) is 11.1 Å². The summed E-state index contributed by atoms with van der Waals surface area (Å²) in [5.74, 6) is 0. The second kappa shape index (κ2) is 7.39. The molecule has 0 aliphatic carbocycles. The molecule has 0 fully saturated rings. The van der Waals surface area contributed by atoms with Gasteiger partial charge in [0.1, 0.15) is 5.60 Å². The Bertz CT molecular complexity index is 615. The van der Waals surface area contributed by atoms with Gasteiger partial charge in [0, 0.05) is 6.54 Å². The fourth-order valence-corrected chi connectivity index (χ4v) is 3.31. The molecule has 2 N–H and O–H groups in total. The van der Waals surface area contributed by atoms with E-state index in [2.05, 4.69) is 0 Å². The van der Waals surface area contributed by atoms with Crippen molar-refractivity contribution < 1.29 is 18.9 Å². The van der Waals surface area contributed by atoms with Gasteiger partial charge in [-0.05, 0) is 31.6 Å². The van der Waals surface area contributed by atoms with E-state index in [4.69, 9.17) is 4.52 Å². The minimum Gasteiger partial charge on any atom is -0.309 e. The first kappa shape index (κ1) is 17.9. The highest BCUT2D eigenvalue weighted by Gasteiger charge is 2.41. The standard InChI is InChI=1S/C17H22NO4P/c1-18(2)14-13-17(22-23(19,20)21,15-9-5-3-6-10-15)16-11-7-4-8-12-16/h3-12H,13-14H2,1-2H3,(H2,19,20,21). The molecule has 0 radical (unpaired) electrons. The first-order chi connectivity index (χ1) is 10.8. The summed E-state index contributed by atoms with van der Waals surface area (Å²) in [7, 11) is -0.867. The molecule has 0 bridgehead atoms. The molecule has 2 aromatic carbocycles. The average molecular weight is 335 g/mol. The van der Waals surface area contributed by atoms with E-state index in [1.165, 1.54) is 0 Å². The molecule has 2 rings (SSSR count). The minimum absolute atomic E-state index is 0.416. The van der Waals surface area contributed by atoms with Crippen molar-refractivity contribution in [2.75, 3.05) is 20.6 Å². The van der Waals surface area contributed by atoms with Gasteiger partial charge < -0.3 is 14.7 Å². The lowest BCUT2D eigenvalue weighted by molar-refractivity contribution is 0.0515. The quantitative estimate of drug-likeness (QED) is 0.761. The molecule has 0 heterocycles. The number of hydrogen-bond acceptors (Lipinski definition) is 3. The van der Waals surface area contributed by atoms with Gasteiger partial charge in [0.2, 0.25) is 0 Å². The minimum atomic E-state index is -4.70. The third-order valence-electron chi connectivity index (χ3n) is 3.67. The lowest BCUT2D eigenvalue weighted by atomic mass is 9.83. The molecule has 0 atom stereocenters. The van der Waals surface area contributed by atoms with Crippen LogP contribution in [-0.4, -0.2) is 35.3 Å². The Labute approximate surface area is 136 Å². The van der Waals surface area contributed by atoms with Crippen molar-refractivity contribution >= 4 is 7.82 Å². The van der Waals surface area contributed by atoms with Crippen molar-refractivity contribution in [2.24, 2.45) is 0 Å². The predicted octanol–water partition coefficient (Wildman–Crippen LogP) is 2.99. The summed E-state index contributed by atoms with van der Waals surface area (Å²) in [5, 5.41) is 0. The van der Waals surface area contributed by atoms with Crippen molar-refractivity contribution in [1.82, 2.24) is 4.90 Å². The van der Waals surface area contributed by atoms with Crippen LogP contribution in [0.3, 0.4) is 0 Å². The average Bonchev–Trinajstić information content (AvgIpc) is 2.52. The monoisotopic (exact) mass is 335 g/mol. The summed E-state index contributed by atoms with van der Waals surface area (Å²) in [6.07, 6.45) is 0.416. The summed E-state index contributed by atoms with van der Waals surface area (Å²) in [6.45, 7) is 0.615. The van der Waals surface area contributed by atoms with Gasteiger partial charge in [-0.2, -0.15) is 0 Å². The second-order valence-corrected chi connectivity index (χ2v) is 6.86. The van der Waals surface area contributed by atoms with Gasteiger partial charge in [-0.3, -0.25) is 4.52 Å². The van der Waals surface area contributed by atoms with Gasteiger partial charge in [0.15, 0.2) is 0 Å². The van der Waals surface area contributed by atoms with Crippen LogP contribution in [0.2, 0.25) is 0 Å². The van der Waals surface area contributed by atoms with Crippen LogP contribution in [0.25, 0.3) is 0 Å². The molecule has 23 heavy (non-hydrogen) atoms. The molecule has 0 saturated heterocycles. The van der Waals surface area contributed by atoms with E-state index >= 15 is 0 Å². The molecule has 0 amide bonds. The maximum absolute atomic E-state index is 11.7. The smallest absolute Gasteiger partial charge is 0.309 e. The Morgan fingerprint density at radius 2 is 1.39 bits per heavy atom. The summed E-state index contributed by atoms with van der Waals surface area (Å²) in [4.78, 5) is 21.0. The van der Waals surface area contributed by atoms with Gasteiger partial charge in [0.05, 0.1) is 0 Å². The third kappa shape index (κ3) is 4.74. The van der Waals surface area contributed by atoms with E-state index in [9.17, 15) is 14.4 Å². The molecular formula is C17H22NO4P. The first-order valence-electron chi connectivity index (χ1n) is 7.35. The fraction of sp³-hybridized carbons (Fsp3) is 0.294. The maximum atomic E-state index is 11.7. The number of phosphoric ester groups is 1. The van der Waals surface area contributed by atoms with Crippen LogP contribution in [0, 0.1) is 0 Å². The highest BCUT2D eigenvalue weighted by atomic mass is 31.2. The Balaban J connectivity index is 2.60. The van der Waals surface area contributed by atoms with Crippen molar-refractivity contribution in [3.05, 3.63) is 71.8 Å². The van der Waals surface area contributed by atoms with E-state index in [1.807, 2.05) is 79.7 Å². The van der Waals surface area contributed by atoms with Crippen molar-refractivity contribution in [3.63, 3.8) is 0 Å².